The molecule has 0 saturated carbocycles. The molecule has 1 aromatic heterocycles. The smallest absolute Gasteiger partial charge is 0.310 e. The molecule has 2 aromatic carbocycles. The van der Waals surface area contributed by atoms with Crippen LogP contribution in [0.5, 0.6) is 0 Å². The molecule has 0 aliphatic rings. The molecule has 33 heavy (non-hydrogen) atoms. The van der Waals surface area contributed by atoms with Gasteiger partial charge in [-0.15, -0.1) is 0 Å². The average molecular weight is 565 g/mol. The van der Waals surface area contributed by atoms with Crippen molar-refractivity contribution < 1.29 is 38.4 Å². The number of aromatic nitrogens is 1. The van der Waals surface area contributed by atoms with Crippen LogP contribution in [0.25, 0.3) is 10.9 Å². The minimum atomic E-state index is -0.369. The van der Waals surface area contributed by atoms with Crippen LogP contribution in [0, 0.1) is 10.1 Å². The zero-order chi connectivity index (χ0) is 23.1. The van der Waals surface area contributed by atoms with Crippen molar-refractivity contribution in [2.75, 3.05) is 27.7 Å². The summed E-state index contributed by atoms with van der Waals surface area (Å²) in [4.78, 5) is 22.6. The topological polar surface area (TPSA) is 74.4 Å². The Bertz CT molecular complexity index is 1070. The van der Waals surface area contributed by atoms with Gasteiger partial charge in [-0.3, -0.25) is 19.4 Å². The minimum Gasteiger partial charge on any atom is -1.00 e. The van der Waals surface area contributed by atoms with E-state index in [4.69, 9.17) is 4.74 Å². The van der Waals surface area contributed by atoms with Gasteiger partial charge < -0.3 is 33.3 Å². The molecule has 0 aliphatic heterocycles. The Kier molecular flexibility index (Phi) is 9.85. The van der Waals surface area contributed by atoms with Crippen molar-refractivity contribution in [3.05, 3.63) is 70.4 Å². The first kappa shape index (κ1) is 26.8. The lowest BCUT2D eigenvalue weighted by Crippen LogP contribution is -3.00. The molecular weight excluding hydrogens is 533 g/mol. The van der Waals surface area contributed by atoms with Crippen LogP contribution in [0.4, 0.5) is 11.4 Å². The van der Waals surface area contributed by atoms with E-state index >= 15 is 0 Å². The highest BCUT2D eigenvalue weighted by Gasteiger charge is 2.12. The standard InChI is InChI=1S/C25H32N3O4.HI/c1-28(2,3)23-11-8-20(9-12-23)18-25(29)32-17-7-5-4-6-15-26-16-14-21-19-22(27(30)31)10-13-24(21)26;/h8-14,16,19H,4-7,15,17-18H2,1-3H3;1H/q+1;/p-1. The number of nitrogens with zero attached hydrogens (tertiary/aromatic N) is 3. The summed E-state index contributed by atoms with van der Waals surface area (Å²) in [7, 11) is 6.33. The highest BCUT2D eigenvalue weighted by molar-refractivity contribution is 5.82. The summed E-state index contributed by atoms with van der Waals surface area (Å²) in [6.45, 7) is 1.32. The number of fused-ring (bicyclic) bond motifs is 1. The maximum atomic E-state index is 12.1. The van der Waals surface area contributed by atoms with Gasteiger partial charge in [0.15, 0.2) is 0 Å². The molecule has 7 nitrogen and oxygen atoms in total. The van der Waals surface area contributed by atoms with Gasteiger partial charge in [-0.05, 0) is 49.1 Å². The number of unbranched alkanes of at least 4 members (excludes halogenated alkanes) is 3. The third-order valence-electron chi connectivity index (χ3n) is 5.58. The Morgan fingerprint density at radius 1 is 1.00 bits per heavy atom. The molecule has 0 saturated heterocycles. The summed E-state index contributed by atoms with van der Waals surface area (Å²) in [5.74, 6) is -0.184. The van der Waals surface area contributed by atoms with Gasteiger partial charge in [0.1, 0.15) is 5.69 Å². The molecule has 0 amide bonds. The van der Waals surface area contributed by atoms with Crippen LogP contribution in [-0.4, -0.2) is 43.2 Å². The molecule has 0 radical (unpaired) electrons. The molecular formula is C25H32IN3O4. The number of quaternary nitrogens is 1. The maximum absolute atomic E-state index is 12.1. The van der Waals surface area contributed by atoms with Crippen molar-refractivity contribution in [2.45, 2.75) is 38.6 Å². The Morgan fingerprint density at radius 2 is 1.70 bits per heavy atom. The second kappa shape index (κ2) is 12.1. The molecule has 0 N–H and O–H groups in total. The van der Waals surface area contributed by atoms with E-state index in [2.05, 4.69) is 37.8 Å². The number of benzene rings is 2. The molecule has 0 unspecified atom stereocenters. The van der Waals surface area contributed by atoms with Gasteiger partial charge in [-0.1, -0.05) is 18.6 Å². The predicted octanol–water partition coefficient (Wildman–Crippen LogP) is 2.10. The van der Waals surface area contributed by atoms with Gasteiger partial charge in [-0.25, -0.2) is 0 Å². The van der Waals surface area contributed by atoms with Crippen LogP contribution < -0.4 is 28.5 Å². The second-order valence-corrected chi connectivity index (χ2v) is 9.00. The Balaban J connectivity index is 0.00000385. The molecule has 178 valence electrons. The van der Waals surface area contributed by atoms with Crippen LogP contribution in [0.15, 0.2) is 54.7 Å². The molecule has 0 aliphatic carbocycles. The number of nitro benzene ring substituents is 1. The zero-order valence-corrected chi connectivity index (χ0v) is 21.7. The van der Waals surface area contributed by atoms with E-state index in [0.29, 0.717) is 13.0 Å². The van der Waals surface area contributed by atoms with Crippen LogP contribution in [0.1, 0.15) is 31.2 Å². The highest BCUT2D eigenvalue weighted by Crippen LogP contribution is 2.22. The first-order chi connectivity index (χ1) is 15.2. The van der Waals surface area contributed by atoms with E-state index in [1.54, 1.807) is 12.1 Å². The quantitative estimate of drug-likeness (QED) is 0.0892. The number of non-ortho nitro benzene ring substituents is 1. The molecule has 0 atom stereocenters. The van der Waals surface area contributed by atoms with Crippen LogP contribution in [0.3, 0.4) is 0 Å². The van der Waals surface area contributed by atoms with E-state index in [9.17, 15) is 14.9 Å². The van der Waals surface area contributed by atoms with Gasteiger partial charge in [0.2, 0.25) is 0 Å². The number of esters is 1. The first-order valence-corrected chi connectivity index (χ1v) is 11.0. The van der Waals surface area contributed by atoms with E-state index in [1.165, 1.54) is 5.69 Å². The fourth-order valence-corrected chi connectivity index (χ4v) is 3.70. The average Bonchev–Trinajstić information content (AvgIpc) is 3.15. The van der Waals surface area contributed by atoms with Crippen LogP contribution in [-0.2, 0) is 22.5 Å². The van der Waals surface area contributed by atoms with Gasteiger partial charge in [0, 0.05) is 35.8 Å². The Hall–Kier alpha value is -2.46. The van der Waals surface area contributed by atoms with Crippen molar-refractivity contribution in [1.29, 1.82) is 0 Å². The molecule has 0 bridgehead atoms. The van der Waals surface area contributed by atoms with Gasteiger partial charge >= 0.3 is 5.97 Å². The summed E-state index contributed by atoms with van der Waals surface area (Å²) in [5.41, 5.74) is 3.29. The molecule has 8 heteroatoms. The number of nitro groups is 1. The van der Waals surface area contributed by atoms with Crippen LogP contribution in [0.2, 0.25) is 0 Å². The Morgan fingerprint density at radius 3 is 2.36 bits per heavy atom. The SMILES string of the molecule is C[N+](C)(C)c1ccc(CC(=O)OCCCCCCn2ccc3cc([N+](=O)[O-])ccc32)cc1.[I-]. The summed E-state index contributed by atoms with van der Waals surface area (Å²) < 4.78 is 8.25. The lowest BCUT2D eigenvalue weighted by molar-refractivity contribution is -0.384. The number of ether oxygens (including phenoxy) is 1. The number of rotatable bonds is 11. The van der Waals surface area contributed by atoms with Crippen molar-refractivity contribution in [3.8, 4) is 0 Å². The normalized spacial score (nSPS) is 11.2. The molecule has 0 fully saturated rings. The molecule has 3 rings (SSSR count). The highest BCUT2D eigenvalue weighted by atomic mass is 127. The predicted molar refractivity (Wildman–Crippen MR) is 128 cm³/mol. The summed E-state index contributed by atoms with van der Waals surface area (Å²) in [6, 6.07) is 15.0. The van der Waals surface area contributed by atoms with E-state index < -0.39 is 0 Å². The summed E-state index contributed by atoms with van der Waals surface area (Å²) >= 11 is 0. The largest absolute Gasteiger partial charge is 1.00 e. The number of aryl methyl sites for hydroxylation is 1. The number of carbonyl (C=O) groups excluding carboxylic acids is 1. The lowest BCUT2D eigenvalue weighted by atomic mass is 10.1. The maximum Gasteiger partial charge on any atom is 0.310 e. The molecule has 3 aromatic rings. The third kappa shape index (κ3) is 7.82. The van der Waals surface area contributed by atoms with Gasteiger partial charge in [0.25, 0.3) is 5.69 Å². The molecule has 1 heterocycles. The number of hydrogen-bond acceptors (Lipinski definition) is 4. The van der Waals surface area contributed by atoms with E-state index in [-0.39, 0.29) is 40.6 Å². The Labute approximate surface area is 212 Å². The van der Waals surface area contributed by atoms with Crippen molar-refractivity contribution in [1.82, 2.24) is 9.05 Å². The van der Waals surface area contributed by atoms with E-state index in [1.807, 2.05) is 30.5 Å². The number of hydrogen-bond donors (Lipinski definition) is 0. The van der Waals surface area contributed by atoms with Gasteiger partial charge in [0.05, 0.1) is 39.1 Å². The zero-order valence-electron chi connectivity index (χ0n) is 19.5. The number of halogens is 1. The monoisotopic (exact) mass is 565 g/mol. The van der Waals surface area contributed by atoms with Crippen molar-refractivity contribution >= 4 is 28.2 Å². The fraction of sp³-hybridized carbons (Fsp3) is 0.400. The van der Waals surface area contributed by atoms with Crippen molar-refractivity contribution in [3.63, 3.8) is 0 Å². The van der Waals surface area contributed by atoms with E-state index in [0.717, 1.165) is 53.2 Å². The number of carbonyl (C=O) groups is 1. The summed E-state index contributed by atoms with van der Waals surface area (Å²) in [6.07, 6.45) is 6.17. The van der Waals surface area contributed by atoms with Crippen molar-refractivity contribution in [2.24, 2.45) is 0 Å². The fourth-order valence-electron chi connectivity index (χ4n) is 3.70. The second-order valence-electron chi connectivity index (χ2n) is 9.00. The third-order valence-corrected chi connectivity index (χ3v) is 5.58. The van der Waals surface area contributed by atoms with Gasteiger partial charge in [-0.2, -0.15) is 0 Å². The minimum absolute atomic E-state index is 0. The first-order valence-electron chi connectivity index (χ1n) is 11.0. The van der Waals surface area contributed by atoms with Crippen LogP contribution >= 0.6 is 0 Å². The summed E-state index contributed by atoms with van der Waals surface area (Å²) in [5, 5.41) is 11.8. The molecule has 0 spiro atoms. The lowest BCUT2D eigenvalue weighted by Gasteiger charge is -2.23.